The SMILES string of the molecule is CC(NC(=O)N1c2ccccc2C[C@H]1C(=O)O)C1CCC1. The summed E-state index contributed by atoms with van der Waals surface area (Å²) in [4.78, 5) is 25.4. The van der Waals surface area contributed by atoms with Crippen molar-refractivity contribution in [2.24, 2.45) is 5.92 Å². The van der Waals surface area contributed by atoms with Crippen molar-refractivity contribution in [3.8, 4) is 0 Å². The van der Waals surface area contributed by atoms with Gasteiger partial charge in [0, 0.05) is 18.2 Å². The molecule has 2 atom stereocenters. The van der Waals surface area contributed by atoms with Crippen LogP contribution < -0.4 is 10.2 Å². The van der Waals surface area contributed by atoms with E-state index in [1.807, 2.05) is 31.2 Å². The summed E-state index contributed by atoms with van der Waals surface area (Å²) in [6.45, 7) is 2.00. The number of urea groups is 1. The molecule has 2 amide bonds. The fourth-order valence-electron chi connectivity index (χ4n) is 3.16. The smallest absolute Gasteiger partial charge is 0.327 e. The molecule has 5 heteroatoms. The number of carboxylic acid groups (broad SMARTS) is 1. The first-order chi connectivity index (χ1) is 10.1. The van der Waals surface area contributed by atoms with Crippen molar-refractivity contribution in [2.75, 3.05) is 4.90 Å². The van der Waals surface area contributed by atoms with Crippen molar-refractivity contribution in [1.82, 2.24) is 5.32 Å². The van der Waals surface area contributed by atoms with Crippen LogP contribution in [0.2, 0.25) is 0 Å². The second-order valence-corrected chi connectivity index (χ2v) is 5.99. The number of hydrogen-bond donors (Lipinski definition) is 2. The fourth-order valence-corrected chi connectivity index (χ4v) is 3.16. The lowest BCUT2D eigenvalue weighted by Crippen LogP contribution is -2.52. The summed E-state index contributed by atoms with van der Waals surface area (Å²) in [5.74, 6) is -0.437. The molecular weight excluding hydrogens is 268 g/mol. The number of aliphatic carboxylic acids is 1. The Morgan fingerprint density at radius 3 is 2.67 bits per heavy atom. The molecule has 1 unspecified atom stereocenters. The molecule has 1 aromatic rings. The number of rotatable bonds is 3. The number of fused-ring (bicyclic) bond motifs is 1. The Morgan fingerprint density at radius 1 is 1.33 bits per heavy atom. The van der Waals surface area contributed by atoms with E-state index < -0.39 is 12.0 Å². The Labute approximate surface area is 123 Å². The van der Waals surface area contributed by atoms with Crippen molar-refractivity contribution < 1.29 is 14.7 Å². The van der Waals surface area contributed by atoms with Gasteiger partial charge in [-0.3, -0.25) is 4.90 Å². The first-order valence-corrected chi connectivity index (χ1v) is 7.48. The van der Waals surface area contributed by atoms with Crippen LogP contribution in [0.15, 0.2) is 24.3 Å². The average molecular weight is 288 g/mol. The standard InChI is InChI=1S/C16H20N2O3/c1-10(11-6-4-7-11)17-16(21)18-13-8-3-2-5-12(13)9-14(18)15(19)20/h2-3,5,8,10-11,14H,4,6-7,9H2,1H3,(H,17,21)(H,19,20)/t10?,14-/m0/s1. The van der Waals surface area contributed by atoms with Crippen molar-refractivity contribution in [3.05, 3.63) is 29.8 Å². The van der Waals surface area contributed by atoms with E-state index in [9.17, 15) is 14.7 Å². The number of para-hydroxylation sites is 1. The Kier molecular flexibility index (Phi) is 3.57. The third-order valence-electron chi connectivity index (χ3n) is 4.69. The number of carboxylic acids is 1. The van der Waals surface area contributed by atoms with Gasteiger partial charge >= 0.3 is 12.0 Å². The lowest BCUT2D eigenvalue weighted by Gasteiger charge is -2.33. The molecule has 0 spiro atoms. The topological polar surface area (TPSA) is 69.6 Å². The molecule has 0 bridgehead atoms. The van der Waals surface area contributed by atoms with Gasteiger partial charge in [-0.1, -0.05) is 24.6 Å². The van der Waals surface area contributed by atoms with E-state index in [1.54, 1.807) is 0 Å². The third kappa shape index (κ3) is 2.48. The molecule has 1 heterocycles. The fraction of sp³-hybridized carbons (Fsp3) is 0.500. The van der Waals surface area contributed by atoms with E-state index >= 15 is 0 Å². The summed E-state index contributed by atoms with van der Waals surface area (Å²) in [6.07, 6.45) is 3.87. The van der Waals surface area contributed by atoms with Gasteiger partial charge < -0.3 is 10.4 Å². The zero-order chi connectivity index (χ0) is 15.0. The molecule has 5 nitrogen and oxygen atoms in total. The van der Waals surface area contributed by atoms with Crippen LogP contribution in [0, 0.1) is 5.92 Å². The Balaban J connectivity index is 1.80. The Bertz CT molecular complexity index is 568. The maximum Gasteiger partial charge on any atom is 0.327 e. The number of amides is 2. The second-order valence-electron chi connectivity index (χ2n) is 5.99. The molecule has 1 saturated carbocycles. The predicted octanol–water partition coefficient (Wildman–Crippen LogP) is 2.40. The summed E-state index contributed by atoms with van der Waals surface area (Å²) >= 11 is 0. The molecule has 2 N–H and O–H groups in total. The summed E-state index contributed by atoms with van der Waals surface area (Å²) in [7, 11) is 0. The quantitative estimate of drug-likeness (QED) is 0.897. The number of nitrogens with zero attached hydrogens (tertiary/aromatic N) is 1. The van der Waals surface area contributed by atoms with Gasteiger partial charge in [0.2, 0.25) is 0 Å². The van der Waals surface area contributed by atoms with Crippen LogP contribution in [0.25, 0.3) is 0 Å². The minimum absolute atomic E-state index is 0.0912. The van der Waals surface area contributed by atoms with E-state index in [0.29, 0.717) is 18.0 Å². The van der Waals surface area contributed by atoms with Crippen LogP contribution in [0.3, 0.4) is 0 Å². The Morgan fingerprint density at radius 2 is 2.05 bits per heavy atom. The van der Waals surface area contributed by atoms with Gasteiger partial charge in [-0.15, -0.1) is 0 Å². The molecular formula is C16H20N2O3. The number of benzene rings is 1. The van der Waals surface area contributed by atoms with Gasteiger partial charge in [0.1, 0.15) is 6.04 Å². The molecule has 21 heavy (non-hydrogen) atoms. The third-order valence-corrected chi connectivity index (χ3v) is 4.69. The highest BCUT2D eigenvalue weighted by atomic mass is 16.4. The maximum absolute atomic E-state index is 12.5. The monoisotopic (exact) mass is 288 g/mol. The molecule has 1 fully saturated rings. The lowest BCUT2D eigenvalue weighted by atomic mass is 9.80. The zero-order valence-corrected chi connectivity index (χ0v) is 12.1. The zero-order valence-electron chi connectivity index (χ0n) is 12.1. The summed E-state index contributed by atoms with van der Waals surface area (Å²) in [5, 5.41) is 12.4. The highest BCUT2D eigenvalue weighted by molar-refractivity contribution is 6.01. The summed E-state index contributed by atoms with van der Waals surface area (Å²) in [6, 6.07) is 6.38. The maximum atomic E-state index is 12.5. The molecule has 1 aromatic carbocycles. The molecule has 112 valence electrons. The van der Waals surface area contributed by atoms with Crippen LogP contribution in [0.1, 0.15) is 31.7 Å². The minimum Gasteiger partial charge on any atom is -0.480 e. The van der Waals surface area contributed by atoms with E-state index in [2.05, 4.69) is 5.32 Å². The van der Waals surface area contributed by atoms with Crippen LogP contribution in [0.5, 0.6) is 0 Å². The van der Waals surface area contributed by atoms with Crippen molar-refractivity contribution in [1.29, 1.82) is 0 Å². The summed E-state index contributed by atoms with van der Waals surface area (Å²) < 4.78 is 0. The molecule has 0 aromatic heterocycles. The van der Waals surface area contributed by atoms with Crippen molar-refractivity contribution in [3.63, 3.8) is 0 Å². The summed E-state index contributed by atoms with van der Waals surface area (Å²) in [5.41, 5.74) is 1.62. The van der Waals surface area contributed by atoms with Gasteiger partial charge in [-0.05, 0) is 37.3 Å². The first-order valence-electron chi connectivity index (χ1n) is 7.48. The van der Waals surface area contributed by atoms with E-state index in [-0.39, 0.29) is 12.1 Å². The number of carbonyl (C=O) groups is 2. The molecule has 0 radical (unpaired) electrons. The molecule has 1 aliphatic heterocycles. The first kappa shape index (κ1) is 13.9. The minimum atomic E-state index is -0.961. The van der Waals surface area contributed by atoms with Gasteiger partial charge in [-0.2, -0.15) is 0 Å². The van der Waals surface area contributed by atoms with Crippen LogP contribution >= 0.6 is 0 Å². The molecule has 1 aliphatic carbocycles. The molecule has 3 rings (SSSR count). The van der Waals surface area contributed by atoms with Gasteiger partial charge in [0.05, 0.1) is 0 Å². The number of anilines is 1. The highest BCUT2D eigenvalue weighted by Gasteiger charge is 2.39. The average Bonchev–Trinajstić information content (AvgIpc) is 2.75. The lowest BCUT2D eigenvalue weighted by molar-refractivity contribution is -0.138. The van der Waals surface area contributed by atoms with E-state index in [4.69, 9.17) is 0 Å². The van der Waals surface area contributed by atoms with Crippen LogP contribution in [-0.2, 0) is 11.2 Å². The van der Waals surface area contributed by atoms with Gasteiger partial charge in [0.15, 0.2) is 0 Å². The second kappa shape index (κ2) is 5.39. The Hall–Kier alpha value is -2.04. The predicted molar refractivity (Wildman–Crippen MR) is 79.4 cm³/mol. The van der Waals surface area contributed by atoms with Gasteiger partial charge in [0.25, 0.3) is 0 Å². The molecule has 0 saturated heterocycles. The van der Waals surface area contributed by atoms with Crippen LogP contribution in [-0.4, -0.2) is 29.2 Å². The number of nitrogens with one attached hydrogen (secondary N) is 1. The van der Waals surface area contributed by atoms with Crippen molar-refractivity contribution in [2.45, 2.75) is 44.7 Å². The van der Waals surface area contributed by atoms with Crippen LogP contribution in [0.4, 0.5) is 10.5 Å². The molecule has 2 aliphatic rings. The number of carbonyl (C=O) groups excluding carboxylic acids is 1. The van der Waals surface area contributed by atoms with Gasteiger partial charge in [-0.25, -0.2) is 9.59 Å². The van der Waals surface area contributed by atoms with E-state index in [0.717, 1.165) is 18.4 Å². The van der Waals surface area contributed by atoms with Crippen molar-refractivity contribution >= 4 is 17.7 Å². The number of hydrogen-bond acceptors (Lipinski definition) is 2. The highest BCUT2D eigenvalue weighted by Crippen LogP contribution is 2.33. The normalized spacial score (nSPS) is 22.3. The largest absolute Gasteiger partial charge is 0.480 e. The van der Waals surface area contributed by atoms with E-state index in [1.165, 1.54) is 11.3 Å².